The Morgan fingerprint density at radius 3 is 2.00 bits per heavy atom. The van der Waals surface area contributed by atoms with Crippen molar-refractivity contribution in [1.82, 2.24) is 0 Å². The number of nitrogens with two attached hydrogens (primary N) is 1. The van der Waals surface area contributed by atoms with Gasteiger partial charge in [-0.2, -0.15) is 0 Å². The fourth-order valence-electron chi connectivity index (χ4n) is 0.771. The molecule has 12 heavy (non-hydrogen) atoms. The van der Waals surface area contributed by atoms with Gasteiger partial charge in [-0.25, -0.2) is 4.79 Å². The summed E-state index contributed by atoms with van der Waals surface area (Å²) in [5, 5.41) is 0. The molecule has 0 aliphatic carbocycles. The highest BCUT2D eigenvalue weighted by Crippen LogP contribution is 2.13. The number of carbonyl (C=O) groups is 2. The van der Waals surface area contributed by atoms with Crippen LogP contribution in [-0.4, -0.2) is 17.5 Å². The van der Waals surface area contributed by atoms with Crippen LogP contribution in [0.15, 0.2) is 0 Å². The van der Waals surface area contributed by atoms with E-state index >= 15 is 0 Å². The quantitative estimate of drug-likeness (QED) is 0.501. The largest absolute Gasteiger partial charge is 0.392 e. The van der Waals surface area contributed by atoms with Crippen molar-refractivity contribution in [1.29, 1.82) is 0 Å². The van der Waals surface area contributed by atoms with Crippen LogP contribution in [0.25, 0.3) is 0 Å². The van der Waals surface area contributed by atoms with Crippen LogP contribution < -0.4 is 5.73 Å². The zero-order valence-electron chi connectivity index (χ0n) is 7.72. The van der Waals surface area contributed by atoms with Crippen molar-refractivity contribution in [2.45, 2.75) is 39.2 Å². The fourth-order valence-corrected chi connectivity index (χ4v) is 0.771. The molecule has 2 N–H and O–H groups in total. The molecule has 0 spiro atoms. The van der Waals surface area contributed by atoms with Gasteiger partial charge in [0.25, 0.3) is 0 Å². The molecular formula is C8H15NO3. The molecule has 0 unspecified atom stereocenters. The van der Waals surface area contributed by atoms with Gasteiger partial charge in [0.05, 0.1) is 0 Å². The molecule has 4 heteroatoms. The molecule has 0 fully saturated rings. The molecule has 0 rings (SSSR count). The van der Waals surface area contributed by atoms with E-state index in [0.29, 0.717) is 12.8 Å². The molecule has 0 aliphatic rings. The van der Waals surface area contributed by atoms with Crippen molar-refractivity contribution in [2.24, 2.45) is 5.73 Å². The minimum Gasteiger partial charge on any atom is -0.392 e. The first-order valence-electron chi connectivity index (χ1n) is 3.98. The topological polar surface area (TPSA) is 69.4 Å². The number of esters is 2. The molecule has 0 radical (unpaired) electrons. The molecule has 0 bridgehead atoms. The van der Waals surface area contributed by atoms with Crippen LogP contribution in [0.1, 0.15) is 33.6 Å². The van der Waals surface area contributed by atoms with Gasteiger partial charge in [0.15, 0.2) is 0 Å². The smallest absolute Gasteiger partial charge is 0.333 e. The van der Waals surface area contributed by atoms with Crippen molar-refractivity contribution >= 4 is 11.9 Å². The van der Waals surface area contributed by atoms with Crippen LogP contribution in [0.3, 0.4) is 0 Å². The Morgan fingerprint density at radius 2 is 1.75 bits per heavy atom. The number of carbonyl (C=O) groups excluding carboxylic acids is 2. The van der Waals surface area contributed by atoms with Crippen LogP contribution in [0.4, 0.5) is 0 Å². The van der Waals surface area contributed by atoms with Crippen LogP contribution >= 0.6 is 0 Å². The van der Waals surface area contributed by atoms with E-state index in [1.54, 1.807) is 13.8 Å². The number of rotatable bonds is 3. The lowest BCUT2D eigenvalue weighted by atomic mass is 9.95. The first-order valence-corrected chi connectivity index (χ1v) is 3.98. The molecule has 0 saturated heterocycles. The Morgan fingerprint density at radius 1 is 1.33 bits per heavy atom. The lowest BCUT2D eigenvalue weighted by Gasteiger charge is -2.22. The van der Waals surface area contributed by atoms with Crippen LogP contribution in [0.2, 0.25) is 0 Å². The molecule has 0 aromatic heterocycles. The Bertz CT molecular complexity index is 185. The van der Waals surface area contributed by atoms with E-state index in [4.69, 9.17) is 5.73 Å². The SMILES string of the molecule is CCC(N)(CC)C(=O)OC(C)=O. The second kappa shape index (κ2) is 4.21. The van der Waals surface area contributed by atoms with E-state index in [0.717, 1.165) is 0 Å². The lowest BCUT2D eigenvalue weighted by Crippen LogP contribution is -2.48. The van der Waals surface area contributed by atoms with Gasteiger partial charge >= 0.3 is 11.9 Å². The molecule has 0 heterocycles. The van der Waals surface area contributed by atoms with Gasteiger partial charge in [0.2, 0.25) is 0 Å². The maximum Gasteiger partial charge on any atom is 0.333 e. The van der Waals surface area contributed by atoms with Crippen LogP contribution in [0.5, 0.6) is 0 Å². The molecule has 0 aliphatic heterocycles. The van der Waals surface area contributed by atoms with E-state index in [2.05, 4.69) is 4.74 Å². The summed E-state index contributed by atoms with van der Waals surface area (Å²) >= 11 is 0. The Hall–Kier alpha value is -0.900. The van der Waals surface area contributed by atoms with Crippen molar-refractivity contribution in [3.05, 3.63) is 0 Å². The third kappa shape index (κ3) is 2.62. The zero-order valence-corrected chi connectivity index (χ0v) is 7.72. The molecular weight excluding hydrogens is 158 g/mol. The van der Waals surface area contributed by atoms with E-state index in [-0.39, 0.29) is 0 Å². The second-order valence-corrected chi connectivity index (χ2v) is 2.74. The minimum atomic E-state index is -1.01. The number of hydrogen-bond donors (Lipinski definition) is 1. The first-order chi connectivity index (χ1) is 5.46. The van der Waals surface area contributed by atoms with Gasteiger partial charge in [0.1, 0.15) is 5.54 Å². The van der Waals surface area contributed by atoms with Crippen molar-refractivity contribution < 1.29 is 14.3 Å². The van der Waals surface area contributed by atoms with Gasteiger partial charge in [-0.1, -0.05) is 13.8 Å². The van der Waals surface area contributed by atoms with Gasteiger partial charge in [-0.15, -0.1) is 0 Å². The third-order valence-electron chi connectivity index (χ3n) is 1.90. The number of ether oxygens (including phenoxy) is 1. The molecule has 0 atom stereocenters. The summed E-state index contributed by atoms with van der Waals surface area (Å²) in [4.78, 5) is 21.6. The summed E-state index contributed by atoms with van der Waals surface area (Å²) < 4.78 is 4.39. The second-order valence-electron chi connectivity index (χ2n) is 2.74. The van der Waals surface area contributed by atoms with E-state index in [1.807, 2.05) is 0 Å². The summed E-state index contributed by atoms with van der Waals surface area (Å²) in [6.45, 7) is 4.75. The highest BCUT2D eigenvalue weighted by atomic mass is 16.6. The standard InChI is InChI=1S/C8H15NO3/c1-4-8(9,5-2)7(11)12-6(3)10/h4-5,9H2,1-3H3. The zero-order chi connectivity index (χ0) is 9.78. The first kappa shape index (κ1) is 11.1. The van der Waals surface area contributed by atoms with Crippen LogP contribution in [-0.2, 0) is 14.3 Å². The molecule has 0 aromatic rings. The highest BCUT2D eigenvalue weighted by Gasteiger charge is 2.32. The van der Waals surface area contributed by atoms with E-state index in [9.17, 15) is 9.59 Å². The summed E-state index contributed by atoms with van der Waals surface area (Å²) in [6, 6.07) is 0. The minimum absolute atomic E-state index is 0.468. The Kier molecular flexibility index (Phi) is 3.89. The molecule has 4 nitrogen and oxygen atoms in total. The molecule has 0 saturated carbocycles. The normalized spacial score (nSPS) is 11.0. The monoisotopic (exact) mass is 173 g/mol. The average Bonchev–Trinajstić information content (AvgIpc) is 2.02. The molecule has 0 amide bonds. The summed E-state index contributed by atoms with van der Waals surface area (Å²) in [5.74, 6) is -1.25. The van der Waals surface area contributed by atoms with Crippen LogP contribution in [0, 0.1) is 0 Å². The summed E-state index contributed by atoms with van der Waals surface area (Å²) in [7, 11) is 0. The average molecular weight is 173 g/mol. The fraction of sp³-hybridized carbons (Fsp3) is 0.750. The Labute approximate surface area is 72.1 Å². The Balaban J connectivity index is 4.32. The predicted octanol–water partition coefficient (Wildman–Crippen LogP) is 0.594. The van der Waals surface area contributed by atoms with Gasteiger partial charge < -0.3 is 10.5 Å². The molecule has 70 valence electrons. The van der Waals surface area contributed by atoms with Gasteiger partial charge in [-0.3, -0.25) is 4.79 Å². The van der Waals surface area contributed by atoms with Gasteiger partial charge in [0, 0.05) is 6.92 Å². The number of hydrogen-bond acceptors (Lipinski definition) is 4. The highest BCUT2D eigenvalue weighted by molar-refractivity contribution is 5.90. The maximum atomic E-state index is 11.2. The van der Waals surface area contributed by atoms with Crippen molar-refractivity contribution in [3.8, 4) is 0 Å². The third-order valence-corrected chi connectivity index (χ3v) is 1.90. The summed E-state index contributed by atoms with van der Waals surface area (Å²) in [6.07, 6.45) is 0.936. The van der Waals surface area contributed by atoms with E-state index in [1.165, 1.54) is 6.92 Å². The predicted molar refractivity (Wildman–Crippen MR) is 44.3 cm³/mol. The van der Waals surface area contributed by atoms with Crippen molar-refractivity contribution in [2.75, 3.05) is 0 Å². The van der Waals surface area contributed by atoms with Gasteiger partial charge in [-0.05, 0) is 12.8 Å². The summed E-state index contributed by atoms with van der Waals surface area (Å²) in [5.41, 5.74) is 4.65. The maximum absolute atomic E-state index is 11.2. The van der Waals surface area contributed by atoms with E-state index < -0.39 is 17.5 Å². The lowest BCUT2D eigenvalue weighted by molar-refractivity contribution is -0.162. The molecule has 0 aromatic carbocycles. The van der Waals surface area contributed by atoms with Crippen molar-refractivity contribution in [3.63, 3.8) is 0 Å².